The summed E-state index contributed by atoms with van der Waals surface area (Å²) in [5.41, 5.74) is 6.22. The lowest BCUT2D eigenvalue weighted by Crippen LogP contribution is -2.61. The van der Waals surface area contributed by atoms with Crippen LogP contribution in [0.1, 0.15) is 66.4 Å². The number of nitrogens with one attached hydrogen (secondary N) is 6. The first kappa shape index (κ1) is 42.7. The van der Waals surface area contributed by atoms with Gasteiger partial charge in [-0.3, -0.25) is 38.4 Å². The van der Waals surface area contributed by atoms with Crippen LogP contribution in [0.5, 0.6) is 0 Å². The zero-order chi connectivity index (χ0) is 38.4. The summed E-state index contributed by atoms with van der Waals surface area (Å²) in [5.74, 6) is -6.80. The van der Waals surface area contributed by atoms with Gasteiger partial charge in [-0.15, -0.1) is 0 Å². The van der Waals surface area contributed by atoms with Crippen LogP contribution in [-0.2, 0) is 44.8 Å². The number of rotatable bonds is 12. The molecule has 0 unspecified atom stereocenters. The van der Waals surface area contributed by atoms with E-state index in [4.69, 9.17) is 5.73 Å². The Hall–Kier alpha value is -4.51. The van der Waals surface area contributed by atoms with Crippen LogP contribution in [0.15, 0.2) is 30.3 Å². The molecule has 1 heterocycles. The van der Waals surface area contributed by atoms with Crippen molar-refractivity contribution in [2.24, 2.45) is 17.6 Å². The van der Waals surface area contributed by atoms with Gasteiger partial charge in [0.05, 0.1) is 18.5 Å². The molecule has 0 spiro atoms. The average molecular weight is 734 g/mol. The highest BCUT2D eigenvalue weighted by Gasteiger charge is 2.36. The quantitative estimate of drug-likeness (QED) is 0.134. The van der Waals surface area contributed by atoms with Gasteiger partial charge in [0.2, 0.25) is 40.6 Å². The Morgan fingerprint density at radius 3 is 1.84 bits per heavy atom. The van der Waals surface area contributed by atoms with Crippen molar-refractivity contribution >= 4 is 58.3 Å². The molecular formula is C34H51N7O9S. The summed E-state index contributed by atoms with van der Waals surface area (Å²) in [6.45, 7) is 10.2. The summed E-state index contributed by atoms with van der Waals surface area (Å²) in [6, 6.07) is -0.103. The molecule has 0 radical (unpaired) electrons. The van der Waals surface area contributed by atoms with Crippen molar-refractivity contribution < 1.29 is 43.5 Å². The molecule has 0 bridgehead atoms. The van der Waals surface area contributed by atoms with E-state index < -0.39 is 95.2 Å². The lowest BCUT2D eigenvalue weighted by Gasteiger charge is -2.29. The van der Waals surface area contributed by atoms with E-state index in [9.17, 15) is 43.5 Å². The monoisotopic (exact) mass is 733 g/mol. The third-order valence-electron chi connectivity index (χ3n) is 7.77. The number of carboxylic acid groups (broad SMARTS) is 1. The number of nitrogens with two attached hydrogens (primary N) is 1. The van der Waals surface area contributed by atoms with E-state index in [1.54, 1.807) is 30.3 Å². The second-order valence-electron chi connectivity index (χ2n) is 13.5. The largest absolute Gasteiger partial charge is 0.481 e. The first-order chi connectivity index (χ1) is 23.9. The molecule has 17 heteroatoms. The predicted molar refractivity (Wildman–Crippen MR) is 190 cm³/mol. The molecule has 1 fully saturated rings. The summed E-state index contributed by atoms with van der Waals surface area (Å²) >= 11 is 0.641. The van der Waals surface area contributed by atoms with Crippen LogP contribution in [0.3, 0.4) is 0 Å². The molecule has 16 nitrogen and oxygen atoms in total. The van der Waals surface area contributed by atoms with Crippen LogP contribution < -0.4 is 37.6 Å². The first-order valence-electron chi connectivity index (χ1n) is 16.9. The van der Waals surface area contributed by atoms with Crippen LogP contribution in [-0.4, -0.2) is 99.7 Å². The molecule has 0 saturated carbocycles. The topological polar surface area (TPSA) is 255 Å². The third-order valence-corrected chi connectivity index (χ3v) is 8.84. The van der Waals surface area contributed by atoms with Crippen molar-refractivity contribution in [2.75, 3.05) is 5.75 Å². The Balaban J connectivity index is 2.60. The molecule has 1 aromatic carbocycles. The second-order valence-corrected chi connectivity index (χ2v) is 14.5. The maximum absolute atomic E-state index is 13.8. The highest BCUT2D eigenvalue weighted by Crippen LogP contribution is 2.17. The summed E-state index contributed by atoms with van der Waals surface area (Å²) < 4.78 is 0. The number of hydrogen-bond acceptors (Lipinski definition) is 10. The van der Waals surface area contributed by atoms with E-state index in [2.05, 4.69) is 31.9 Å². The van der Waals surface area contributed by atoms with E-state index in [1.165, 1.54) is 13.8 Å². The number of hydrogen-bond donors (Lipinski definition) is 8. The van der Waals surface area contributed by atoms with E-state index in [-0.39, 0.29) is 36.9 Å². The molecule has 0 aromatic heterocycles. The number of aliphatic carboxylic acids is 1. The van der Waals surface area contributed by atoms with Gasteiger partial charge in [0.1, 0.15) is 30.2 Å². The van der Waals surface area contributed by atoms with Crippen molar-refractivity contribution in [1.29, 1.82) is 0 Å². The maximum Gasteiger partial charge on any atom is 0.305 e. The second kappa shape index (κ2) is 20.4. The number of carbonyl (C=O) groups excluding carboxylic acids is 7. The van der Waals surface area contributed by atoms with Crippen molar-refractivity contribution in [1.82, 2.24) is 31.9 Å². The number of benzene rings is 1. The van der Waals surface area contributed by atoms with Gasteiger partial charge in [0.25, 0.3) is 0 Å². The minimum absolute atomic E-state index is 0.0447. The highest BCUT2D eigenvalue weighted by atomic mass is 32.2. The number of amides is 6. The smallest absolute Gasteiger partial charge is 0.305 e. The summed E-state index contributed by atoms with van der Waals surface area (Å²) in [4.78, 5) is 105. The van der Waals surface area contributed by atoms with Gasteiger partial charge in [0.15, 0.2) is 0 Å². The van der Waals surface area contributed by atoms with Crippen LogP contribution in [0.2, 0.25) is 0 Å². The van der Waals surface area contributed by atoms with E-state index in [1.807, 2.05) is 27.7 Å². The molecule has 51 heavy (non-hydrogen) atoms. The Morgan fingerprint density at radius 2 is 1.27 bits per heavy atom. The number of carboxylic acids is 1. The Kier molecular flexibility index (Phi) is 17.0. The fourth-order valence-electron chi connectivity index (χ4n) is 5.08. The summed E-state index contributed by atoms with van der Waals surface area (Å²) in [6.07, 6.45) is -0.518. The molecule has 1 aliphatic heterocycles. The molecule has 0 aliphatic carbocycles. The van der Waals surface area contributed by atoms with Gasteiger partial charge in [-0.25, -0.2) is 0 Å². The fraction of sp³-hybridized carbons (Fsp3) is 0.588. The minimum Gasteiger partial charge on any atom is -0.481 e. The maximum atomic E-state index is 13.8. The van der Waals surface area contributed by atoms with Gasteiger partial charge in [-0.1, -0.05) is 69.8 Å². The van der Waals surface area contributed by atoms with Crippen LogP contribution in [0.4, 0.5) is 0 Å². The molecule has 9 N–H and O–H groups in total. The van der Waals surface area contributed by atoms with Crippen LogP contribution in [0, 0.1) is 11.8 Å². The number of thioether (sulfide) groups is 1. The van der Waals surface area contributed by atoms with Gasteiger partial charge in [0, 0.05) is 12.2 Å². The molecule has 2 rings (SSSR count). The van der Waals surface area contributed by atoms with Crippen LogP contribution >= 0.6 is 11.8 Å². The third kappa shape index (κ3) is 14.7. The molecule has 6 amide bonds. The lowest BCUT2D eigenvalue weighted by molar-refractivity contribution is -0.141. The Morgan fingerprint density at radius 1 is 0.765 bits per heavy atom. The van der Waals surface area contributed by atoms with Gasteiger partial charge in [-0.05, 0) is 44.1 Å². The molecule has 1 saturated heterocycles. The predicted octanol–water partition coefficient (Wildman–Crippen LogP) is -0.655. The standard InChI is InChI=1S/C34H51N7O9S/c1-17(2)12-22-30(46)40-25(13-18(3)4)34(50)51-16-26(41-29(45)20(6)36-28(44)19(5)35)33(49)39-24(15-27(42)43)32(48)38-23(31(47)37-22)14-21-10-8-7-9-11-21/h7-11,17-20,22-26H,12-16,35H2,1-6H3,(H,36,44)(H,37,47)(H,38,48)(H,39,49)(H,40,46)(H,41,45)(H,42,43)/t19-,20-,22-,23-,24-,25-,26-/m0/s1. The zero-order valence-electron chi connectivity index (χ0n) is 29.8. The molecule has 282 valence electrons. The first-order valence-corrected chi connectivity index (χ1v) is 17.9. The SMILES string of the molecule is CC(C)C[C@@H]1NC(=O)[C@H](Cc2ccccc2)NC(=O)[C@H](CC(=O)O)NC(=O)[C@@H](NC(=O)[C@H](C)NC(=O)[C@H](C)N)CSC(=O)[C@H](CC(C)C)NC1=O. The van der Waals surface area contributed by atoms with Crippen molar-refractivity contribution in [3.63, 3.8) is 0 Å². The van der Waals surface area contributed by atoms with Crippen LogP contribution in [0.25, 0.3) is 0 Å². The fourth-order valence-corrected chi connectivity index (χ4v) is 6.00. The van der Waals surface area contributed by atoms with Crippen molar-refractivity contribution in [2.45, 2.75) is 110 Å². The van der Waals surface area contributed by atoms with Crippen molar-refractivity contribution in [3.8, 4) is 0 Å². The lowest BCUT2D eigenvalue weighted by atomic mass is 9.99. The molecule has 1 aromatic rings. The van der Waals surface area contributed by atoms with Gasteiger partial charge in [-0.2, -0.15) is 0 Å². The van der Waals surface area contributed by atoms with Gasteiger partial charge >= 0.3 is 5.97 Å². The molecule has 7 atom stereocenters. The average Bonchev–Trinajstić information content (AvgIpc) is 3.04. The number of carbonyl (C=O) groups is 8. The zero-order valence-corrected chi connectivity index (χ0v) is 30.6. The van der Waals surface area contributed by atoms with Crippen molar-refractivity contribution in [3.05, 3.63) is 35.9 Å². The summed E-state index contributed by atoms with van der Waals surface area (Å²) in [7, 11) is 0. The molecular weight excluding hydrogens is 682 g/mol. The van der Waals surface area contributed by atoms with E-state index in [0.717, 1.165) is 0 Å². The minimum atomic E-state index is -1.72. The highest BCUT2D eigenvalue weighted by molar-refractivity contribution is 8.13. The summed E-state index contributed by atoms with van der Waals surface area (Å²) in [5, 5.41) is 24.3. The Bertz CT molecular complexity index is 1420. The Labute approximate surface area is 301 Å². The normalized spacial score (nSPS) is 23.7. The molecule has 1 aliphatic rings. The van der Waals surface area contributed by atoms with E-state index >= 15 is 0 Å². The van der Waals surface area contributed by atoms with Gasteiger partial charge < -0.3 is 42.7 Å². The van der Waals surface area contributed by atoms with E-state index in [0.29, 0.717) is 17.3 Å².